The number of amides is 1. The van der Waals surface area contributed by atoms with Crippen LogP contribution >= 0.6 is 11.8 Å². The molecule has 2 aromatic heterocycles. The van der Waals surface area contributed by atoms with Crippen LogP contribution in [0.4, 0.5) is 0 Å². The van der Waals surface area contributed by atoms with Crippen molar-refractivity contribution >= 4 is 28.6 Å². The molecule has 2 N–H and O–H groups in total. The van der Waals surface area contributed by atoms with Crippen LogP contribution in [0.15, 0.2) is 59.8 Å². The Morgan fingerprint density at radius 1 is 1.15 bits per heavy atom. The van der Waals surface area contributed by atoms with Crippen molar-refractivity contribution in [3.8, 4) is 5.88 Å². The van der Waals surface area contributed by atoms with E-state index in [2.05, 4.69) is 21.4 Å². The van der Waals surface area contributed by atoms with E-state index in [1.54, 1.807) is 18.0 Å². The first kappa shape index (κ1) is 17.9. The molecule has 0 saturated heterocycles. The fourth-order valence-electron chi connectivity index (χ4n) is 3.49. The largest absolute Gasteiger partial charge is 0.474 e. The molecule has 1 fully saturated rings. The summed E-state index contributed by atoms with van der Waals surface area (Å²) in [6, 6.07) is 14.1. The average Bonchev–Trinajstić information content (AvgIpc) is 3.12. The molecule has 3 aromatic rings. The third-order valence-corrected chi connectivity index (χ3v) is 5.93. The van der Waals surface area contributed by atoms with Gasteiger partial charge >= 0.3 is 0 Å². The van der Waals surface area contributed by atoms with Crippen molar-refractivity contribution in [1.29, 1.82) is 0 Å². The molecule has 1 saturated carbocycles. The average molecular weight is 382 g/mol. The zero-order chi connectivity index (χ0) is 18.5. The molecule has 1 aliphatic carbocycles. The lowest BCUT2D eigenvalue weighted by Gasteiger charge is -2.29. The quantitative estimate of drug-likeness (QED) is 0.629. The first-order valence-corrected chi connectivity index (χ1v) is 10.3. The summed E-state index contributed by atoms with van der Waals surface area (Å²) in [6.07, 6.45) is 7.68. The number of rotatable bonds is 6. The van der Waals surface area contributed by atoms with Gasteiger partial charge in [-0.1, -0.05) is 24.3 Å². The van der Waals surface area contributed by atoms with E-state index >= 15 is 0 Å². The number of hydrogen-bond acceptors (Lipinski definition) is 4. The highest BCUT2D eigenvalue weighted by Gasteiger charge is 2.24. The smallest absolute Gasteiger partial charge is 0.230 e. The van der Waals surface area contributed by atoms with Crippen molar-refractivity contribution < 1.29 is 9.53 Å². The SMILES string of the molecule is O=C(CSc1c[nH]c2ccccc12)NC1CCC(Oc2ccccn2)CC1. The van der Waals surface area contributed by atoms with Crippen molar-refractivity contribution in [3.05, 3.63) is 54.9 Å². The summed E-state index contributed by atoms with van der Waals surface area (Å²) in [6.45, 7) is 0. The molecule has 140 valence electrons. The third kappa shape index (κ3) is 4.63. The first-order valence-electron chi connectivity index (χ1n) is 9.34. The highest BCUT2D eigenvalue weighted by molar-refractivity contribution is 8.00. The van der Waals surface area contributed by atoms with Crippen LogP contribution in [0.3, 0.4) is 0 Å². The van der Waals surface area contributed by atoms with Gasteiger partial charge in [0.25, 0.3) is 0 Å². The summed E-state index contributed by atoms with van der Waals surface area (Å²) in [4.78, 5) is 20.9. The summed E-state index contributed by atoms with van der Waals surface area (Å²) in [5.74, 6) is 1.21. The van der Waals surface area contributed by atoms with Gasteiger partial charge < -0.3 is 15.0 Å². The van der Waals surface area contributed by atoms with Crippen molar-refractivity contribution in [1.82, 2.24) is 15.3 Å². The molecule has 1 aromatic carbocycles. The maximum Gasteiger partial charge on any atom is 0.230 e. The summed E-state index contributed by atoms with van der Waals surface area (Å²) >= 11 is 1.58. The van der Waals surface area contributed by atoms with Crippen LogP contribution in [0.1, 0.15) is 25.7 Å². The number of para-hydroxylation sites is 1. The molecular weight excluding hydrogens is 358 g/mol. The maximum absolute atomic E-state index is 12.3. The first-order chi connectivity index (χ1) is 13.3. The number of nitrogens with zero attached hydrogens (tertiary/aromatic N) is 1. The lowest BCUT2D eigenvalue weighted by molar-refractivity contribution is -0.119. The summed E-state index contributed by atoms with van der Waals surface area (Å²) in [7, 11) is 0. The van der Waals surface area contributed by atoms with Gasteiger partial charge in [0.1, 0.15) is 6.10 Å². The molecule has 0 spiro atoms. The molecule has 4 rings (SSSR count). The van der Waals surface area contributed by atoms with Crippen LogP contribution in [0.5, 0.6) is 5.88 Å². The summed E-state index contributed by atoms with van der Waals surface area (Å²) in [5.41, 5.74) is 1.10. The van der Waals surface area contributed by atoms with Gasteiger partial charge in [0.2, 0.25) is 11.8 Å². The Morgan fingerprint density at radius 3 is 2.78 bits per heavy atom. The maximum atomic E-state index is 12.3. The number of fused-ring (bicyclic) bond motifs is 1. The van der Waals surface area contributed by atoms with E-state index < -0.39 is 0 Å². The minimum absolute atomic E-state index is 0.0966. The predicted octanol–water partition coefficient (Wildman–Crippen LogP) is 4.16. The number of aromatic nitrogens is 2. The molecule has 5 nitrogen and oxygen atoms in total. The highest BCUT2D eigenvalue weighted by atomic mass is 32.2. The van der Waals surface area contributed by atoms with E-state index in [0.29, 0.717) is 11.6 Å². The minimum atomic E-state index is 0.0966. The lowest BCUT2D eigenvalue weighted by atomic mass is 9.93. The molecule has 1 aliphatic rings. The predicted molar refractivity (Wildman–Crippen MR) is 108 cm³/mol. The molecule has 0 unspecified atom stereocenters. The molecule has 0 radical (unpaired) electrons. The number of thioether (sulfide) groups is 1. The fourth-order valence-corrected chi connectivity index (χ4v) is 4.34. The Kier molecular flexibility index (Phi) is 5.63. The molecule has 2 heterocycles. The molecule has 1 amide bonds. The Morgan fingerprint density at radius 2 is 1.96 bits per heavy atom. The highest BCUT2D eigenvalue weighted by Crippen LogP contribution is 2.28. The number of nitrogens with one attached hydrogen (secondary N) is 2. The van der Waals surface area contributed by atoms with Gasteiger partial charge in [0, 0.05) is 40.3 Å². The van der Waals surface area contributed by atoms with Gasteiger partial charge in [-0.05, 0) is 37.8 Å². The van der Waals surface area contributed by atoms with Crippen LogP contribution in [0.25, 0.3) is 10.9 Å². The van der Waals surface area contributed by atoms with Gasteiger partial charge in [-0.25, -0.2) is 4.98 Å². The molecule has 27 heavy (non-hydrogen) atoms. The van der Waals surface area contributed by atoms with Crippen LogP contribution in [0, 0.1) is 0 Å². The normalized spacial score (nSPS) is 19.7. The van der Waals surface area contributed by atoms with Gasteiger partial charge in [-0.15, -0.1) is 11.8 Å². The van der Waals surface area contributed by atoms with Crippen molar-refractivity contribution in [3.63, 3.8) is 0 Å². The number of aromatic amines is 1. The number of ether oxygens (including phenoxy) is 1. The zero-order valence-corrected chi connectivity index (χ0v) is 15.9. The van der Waals surface area contributed by atoms with Crippen LogP contribution in [0.2, 0.25) is 0 Å². The number of H-pyrrole nitrogens is 1. The number of carbonyl (C=O) groups excluding carboxylic acids is 1. The van der Waals surface area contributed by atoms with Crippen LogP contribution in [-0.4, -0.2) is 33.8 Å². The second-order valence-electron chi connectivity index (χ2n) is 6.81. The van der Waals surface area contributed by atoms with E-state index in [-0.39, 0.29) is 18.1 Å². The fraction of sp³-hybridized carbons (Fsp3) is 0.333. The Hall–Kier alpha value is -2.47. The molecule has 0 aliphatic heterocycles. The topological polar surface area (TPSA) is 67.0 Å². The molecule has 6 heteroatoms. The number of pyridine rings is 1. The van der Waals surface area contributed by atoms with Crippen LogP contribution in [-0.2, 0) is 4.79 Å². The number of benzene rings is 1. The van der Waals surface area contributed by atoms with Crippen LogP contribution < -0.4 is 10.1 Å². The lowest BCUT2D eigenvalue weighted by Crippen LogP contribution is -2.40. The van der Waals surface area contributed by atoms with E-state index in [1.165, 1.54) is 5.39 Å². The monoisotopic (exact) mass is 381 g/mol. The van der Waals surface area contributed by atoms with E-state index in [1.807, 2.05) is 42.6 Å². The van der Waals surface area contributed by atoms with E-state index in [9.17, 15) is 4.79 Å². The molecule has 0 bridgehead atoms. The number of hydrogen-bond donors (Lipinski definition) is 2. The van der Waals surface area contributed by atoms with Crippen molar-refractivity contribution in [2.75, 3.05) is 5.75 Å². The standard InChI is InChI=1S/C21H23N3O2S/c25-20(14-27-19-13-23-18-6-2-1-5-17(18)19)24-15-8-10-16(11-9-15)26-21-7-3-4-12-22-21/h1-7,12-13,15-16,23H,8-11,14H2,(H,24,25). The second kappa shape index (κ2) is 8.48. The minimum Gasteiger partial charge on any atom is -0.474 e. The summed E-state index contributed by atoms with van der Waals surface area (Å²) in [5, 5.41) is 4.34. The van der Waals surface area contributed by atoms with Crippen molar-refractivity contribution in [2.24, 2.45) is 0 Å². The third-order valence-electron chi connectivity index (χ3n) is 4.87. The molecular formula is C21H23N3O2S. The zero-order valence-electron chi connectivity index (χ0n) is 15.1. The Bertz CT molecular complexity index is 889. The second-order valence-corrected chi connectivity index (χ2v) is 7.83. The van der Waals surface area contributed by atoms with Gasteiger partial charge in [-0.2, -0.15) is 0 Å². The van der Waals surface area contributed by atoms with E-state index in [4.69, 9.17) is 4.74 Å². The Labute approximate surface area is 162 Å². The van der Waals surface area contributed by atoms with Gasteiger partial charge in [-0.3, -0.25) is 4.79 Å². The summed E-state index contributed by atoms with van der Waals surface area (Å²) < 4.78 is 5.91. The van der Waals surface area contributed by atoms with Gasteiger partial charge in [0.05, 0.1) is 5.75 Å². The van der Waals surface area contributed by atoms with Gasteiger partial charge in [0.15, 0.2) is 0 Å². The number of carbonyl (C=O) groups is 1. The molecule has 0 atom stereocenters. The Balaban J connectivity index is 1.21. The van der Waals surface area contributed by atoms with Crippen molar-refractivity contribution in [2.45, 2.75) is 42.7 Å². The van der Waals surface area contributed by atoms with E-state index in [0.717, 1.165) is 36.1 Å².